The predicted molar refractivity (Wildman–Crippen MR) is 17.4 cm³/mol. The van der Waals surface area contributed by atoms with Crippen LogP contribution in [0.5, 0.6) is 0 Å². The van der Waals surface area contributed by atoms with Gasteiger partial charge < -0.3 is 9.47 Å². The van der Waals surface area contributed by atoms with E-state index >= 15 is 0 Å². The van der Waals surface area contributed by atoms with E-state index in [1.807, 2.05) is 0 Å². The highest BCUT2D eigenvalue weighted by Gasteiger charge is 2.36. The molecule has 0 aliphatic carbocycles. The maximum absolute atomic E-state index is 11.6. The third-order valence-corrected chi connectivity index (χ3v) is 0.624. The van der Waals surface area contributed by atoms with Crippen LogP contribution in [0.1, 0.15) is 0 Å². The zero-order valence-corrected chi connectivity index (χ0v) is 3.64. The summed E-state index contributed by atoms with van der Waals surface area (Å²) in [6.07, 6.45) is -5.80. The van der Waals surface area contributed by atoms with Gasteiger partial charge in [-0.25, -0.2) is 4.79 Å². The Hall–Kier alpha value is -0.870. The van der Waals surface area contributed by atoms with Crippen molar-refractivity contribution in [3.05, 3.63) is 0 Å². The third-order valence-electron chi connectivity index (χ3n) is 0.624. The van der Waals surface area contributed by atoms with Crippen molar-refractivity contribution >= 4 is 6.16 Å². The molecule has 1 heterocycles. The van der Waals surface area contributed by atoms with Gasteiger partial charge in [0.15, 0.2) is 0 Å². The van der Waals surface area contributed by atoms with Crippen LogP contribution in [0.2, 0.25) is 0 Å². The molecule has 0 unspecified atom stereocenters. The lowest BCUT2D eigenvalue weighted by Crippen LogP contribution is -2.09. The minimum absolute atomic E-state index is 1.30. The van der Waals surface area contributed by atoms with Crippen molar-refractivity contribution in [1.29, 1.82) is 0 Å². The van der Waals surface area contributed by atoms with E-state index < -0.39 is 18.9 Å². The molecule has 8 heavy (non-hydrogen) atoms. The highest BCUT2D eigenvalue weighted by Crippen LogP contribution is 2.16. The Morgan fingerprint density at radius 3 is 1.75 bits per heavy atom. The molecule has 1 saturated heterocycles. The Labute approximate surface area is 43.2 Å². The molecule has 0 aromatic carbocycles. The molecule has 1 aliphatic heterocycles. The fourth-order valence-electron chi connectivity index (χ4n) is 0.319. The van der Waals surface area contributed by atoms with Crippen LogP contribution < -0.4 is 0 Å². The molecular weight excluding hydrogens is 122 g/mol. The second-order valence-corrected chi connectivity index (χ2v) is 1.19. The zero-order valence-electron chi connectivity index (χ0n) is 3.64. The van der Waals surface area contributed by atoms with E-state index in [1.54, 1.807) is 0 Å². The van der Waals surface area contributed by atoms with Crippen LogP contribution in [-0.2, 0) is 9.47 Å². The van der Waals surface area contributed by atoms with Gasteiger partial charge in [-0.1, -0.05) is 0 Å². The molecule has 0 aromatic rings. The smallest absolute Gasteiger partial charge is 0.392 e. The molecular formula is C3H2F2O3. The van der Waals surface area contributed by atoms with Crippen LogP contribution in [0.25, 0.3) is 0 Å². The second-order valence-electron chi connectivity index (χ2n) is 1.19. The van der Waals surface area contributed by atoms with Gasteiger partial charge in [0.1, 0.15) is 0 Å². The monoisotopic (exact) mass is 124 g/mol. The van der Waals surface area contributed by atoms with Crippen molar-refractivity contribution in [3.8, 4) is 0 Å². The topological polar surface area (TPSA) is 35.5 Å². The van der Waals surface area contributed by atoms with E-state index in [-0.39, 0.29) is 0 Å². The number of alkyl halides is 2. The molecule has 2 atom stereocenters. The zero-order chi connectivity index (χ0) is 6.15. The average Bonchev–Trinajstić information content (AvgIpc) is 1.85. The van der Waals surface area contributed by atoms with E-state index in [2.05, 4.69) is 9.47 Å². The van der Waals surface area contributed by atoms with Crippen LogP contribution in [0.4, 0.5) is 13.6 Å². The first kappa shape index (κ1) is 5.27. The molecule has 0 bridgehead atoms. The van der Waals surface area contributed by atoms with Crippen molar-refractivity contribution in [2.75, 3.05) is 0 Å². The van der Waals surface area contributed by atoms with E-state index in [4.69, 9.17) is 0 Å². The molecule has 1 fully saturated rings. The van der Waals surface area contributed by atoms with E-state index in [1.165, 1.54) is 0 Å². The van der Waals surface area contributed by atoms with Crippen molar-refractivity contribution in [2.24, 2.45) is 0 Å². The van der Waals surface area contributed by atoms with Gasteiger partial charge in [-0.3, -0.25) is 0 Å². The largest absolute Gasteiger partial charge is 0.513 e. The molecule has 0 N–H and O–H groups in total. The summed E-state index contributed by atoms with van der Waals surface area (Å²) in [5.41, 5.74) is 0. The standard InChI is InChI=1S/C3H2F2O3/c4-1-2(5)8-3(6)7-1/h1-2H/t1-,2-/m0/s1. The van der Waals surface area contributed by atoms with Gasteiger partial charge in [0, 0.05) is 0 Å². The fraction of sp³-hybridized carbons (Fsp3) is 0.667. The first-order valence-electron chi connectivity index (χ1n) is 1.85. The summed E-state index contributed by atoms with van der Waals surface area (Å²) < 4.78 is 30.4. The van der Waals surface area contributed by atoms with Crippen molar-refractivity contribution in [3.63, 3.8) is 0 Å². The highest BCUT2D eigenvalue weighted by atomic mass is 19.2. The van der Waals surface area contributed by atoms with Crippen LogP contribution >= 0.6 is 0 Å². The predicted octanol–water partition coefficient (Wildman–Crippen LogP) is 0.744. The van der Waals surface area contributed by atoms with Gasteiger partial charge in [0.2, 0.25) is 0 Å². The minimum atomic E-state index is -2.25. The summed E-state index contributed by atoms with van der Waals surface area (Å²) in [7, 11) is 0. The Morgan fingerprint density at radius 1 is 1.25 bits per heavy atom. The molecule has 0 spiro atoms. The van der Waals surface area contributed by atoms with Crippen molar-refractivity contribution in [2.45, 2.75) is 12.7 Å². The van der Waals surface area contributed by atoms with Gasteiger partial charge in [0.05, 0.1) is 0 Å². The molecule has 0 saturated carbocycles. The van der Waals surface area contributed by atoms with Gasteiger partial charge in [0.25, 0.3) is 0 Å². The van der Waals surface area contributed by atoms with E-state index in [0.29, 0.717) is 0 Å². The lowest BCUT2D eigenvalue weighted by molar-refractivity contribution is -0.0349. The fourth-order valence-corrected chi connectivity index (χ4v) is 0.319. The number of carbonyl (C=O) groups is 1. The lowest BCUT2D eigenvalue weighted by atomic mass is 10.7. The molecule has 3 nitrogen and oxygen atoms in total. The molecule has 0 aromatic heterocycles. The van der Waals surface area contributed by atoms with E-state index in [9.17, 15) is 13.6 Å². The summed E-state index contributed by atoms with van der Waals surface area (Å²) in [4.78, 5) is 9.74. The number of cyclic esters (lactones) is 2. The summed E-state index contributed by atoms with van der Waals surface area (Å²) >= 11 is 0. The van der Waals surface area contributed by atoms with Gasteiger partial charge in [-0.15, -0.1) is 0 Å². The first-order chi connectivity index (χ1) is 3.70. The first-order valence-corrected chi connectivity index (χ1v) is 1.85. The van der Waals surface area contributed by atoms with Gasteiger partial charge in [-0.05, 0) is 0 Å². The number of rotatable bonds is 0. The number of hydrogen-bond acceptors (Lipinski definition) is 3. The Balaban J connectivity index is 2.51. The quantitative estimate of drug-likeness (QED) is 0.447. The molecule has 46 valence electrons. The molecule has 0 amide bonds. The lowest BCUT2D eigenvalue weighted by Gasteiger charge is -1.92. The number of hydrogen-bond donors (Lipinski definition) is 0. The molecule has 0 radical (unpaired) electrons. The minimum Gasteiger partial charge on any atom is -0.392 e. The number of ether oxygens (including phenoxy) is 2. The average molecular weight is 124 g/mol. The molecule has 1 rings (SSSR count). The molecule has 5 heteroatoms. The SMILES string of the molecule is O=C1O[C@H](F)[C@@H](F)O1. The van der Waals surface area contributed by atoms with Crippen molar-refractivity contribution < 1.29 is 23.0 Å². The normalized spacial score (nSPS) is 36.5. The third kappa shape index (κ3) is 0.706. The summed E-state index contributed by atoms with van der Waals surface area (Å²) in [6, 6.07) is 0. The second kappa shape index (κ2) is 1.57. The van der Waals surface area contributed by atoms with Crippen LogP contribution in [0.3, 0.4) is 0 Å². The Morgan fingerprint density at radius 2 is 1.62 bits per heavy atom. The number of halogens is 2. The van der Waals surface area contributed by atoms with Crippen LogP contribution in [0.15, 0.2) is 0 Å². The Kier molecular flexibility index (Phi) is 1.04. The summed E-state index contributed by atoms with van der Waals surface area (Å²) in [5.74, 6) is 0. The Bertz CT molecular complexity index is 103. The van der Waals surface area contributed by atoms with Crippen LogP contribution in [0, 0.1) is 0 Å². The maximum atomic E-state index is 11.6. The van der Waals surface area contributed by atoms with Crippen molar-refractivity contribution in [1.82, 2.24) is 0 Å². The summed E-state index contributed by atoms with van der Waals surface area (Å²) in [5, 5.41) is 0. The van der Waals surface area contributed by atoms with Gasteiger partial charge >= 0.3 is 18.9 Å². The maximum Gasteiger partial charge on any atom is 0.513 e. The van der Waals surface area contributed by atoms with Gasteiger partial charge in [-0.2, -0.15) is 8.78 Å². The van der Waals surface area contributed by atoms with Crippen LogP contribution in [-0.4, -0.2) is 18.9 Å². The number of carbonyl (C=O) groups excluding carboxylic acids is 1. The molecule has 1 aliphatic rings. The highest BCUT2D eigenvalue weighted by molar-refractivity contribution is 5.61. The van der Waals surface area contributed by atoms with E-state index in [0.717, 1.165) is 0 Å². The summed E-state index contributed by atoms with van der Waals surface area (Å²) in [6.45, 7) is 0.